The van der Waals surface area contributed by atoms with Crippen molar-refractivity contribution in [3.8, 4) is 67.4 Å². The van der Waals surface area contributed by atoms with Crippen molar-refractivity contribution >= 4 is 107 Å². The predicted octanol–water partition coefficient (Wildman–Crippen LogP) is 17.8. The first-order valence-electron chi connectivity index (χ1n) is 36.9. The van der Waals surface area contributed by atoms with Crippen LogP contribution in [0.15, 0.2) is 159 Å². The summed E-state index contributed by atoms with van der Waals surface area (Å²) in [6, 6.07) is 50.2. The van der Waals surface area contributed by atoms with Gasteiger partial charge in [-0.15, -0.1) is 0 Å². The molecular weight excluding hydrogens is 1410 g/mol. The zero-order chi connectivity index (χ0) is 75.4. The van der Waals surface area contributed by atoms with E-state index in [1.54, 1.807) is 6.07 Å². The molecule has 6 aliphatic rings. The highest BCUT2D eigenvalue weighted by Crippen LogP contribution is 2.48. The molecule has 18 heteroatoms. The second-order valence-electron chi connectivity index (χ2n) is 25.7. The van der Waals surface area contributed by atoms with Gasteiger partial charge in [-0.05, 0) is 215 Å². The summed E-state index contributed by atoms with van der Waals surface area (Å²) in [5.41, 5.74) is 46.5. The molecule has 546 valence electrons. The third kappa shape index (κ3) is 15.6. The Balaban J connectivity index is 0.000000179. The van der Waals surface area contributed by atoms with Crippen molar-refractivity contribution in [2.45, 2.75) is 104 Å². The van der Waals surface area contributed by atoms with E-state index in [1.807, 2.05) is 31.9 Å². The number of nitrogens with zero attached hydrogens (tertiary/aromatic N) is 7. The molecule has 9 N–H and O–H groups in total. The van der Waals surface area contributed by atoms with Gasteiger partial charge in [-0.1, -0.05) is 34.7 Å². The fraction of sp³-hybridized carbons (Fsp3) is 0.337. The molecule has 0 unspecified atom stereocenters. The van der Waals surface area contributed by atoms with Crippen molar-refractivity contribution in [1.29, 1.82) is 0 Å². The zero-order valence-corrected chi connectivity index (χ0v) is 66.4. The number of nitrogens with two attached hydrogens (primary N) is 4. The summed E-state index contributed by atoms with van der Waals surface area (Å²) in [5, 5.41) is 21.2. The lowest BCUT2D eigenvalue weighted by atomic mass is 9.90. The van der Waals surface area contributed by atoms with Gasteiger partial charge in [-0.3, -0.25) is 10.1 Å². The van der Waals surface area contributed by atoms with Crippen LogP contribution in [0, 0.1) is 30.9 Å². The molecule has 3 aliphatic carbocycles. The van der Waals surface area contributed by atoms with Gasteiger partial charge in [-0.25, -0.2) is 13.7 Å². The van der Waals surface area contributed by atoms with Crippen LogP contribution in [-0.4, -0.2) is 95.4 Å². The number of nitro groups is 1. The lowest BCUT2D eigenvalue weighted by Crippen LogP contribution is -2.29. The van der Waals surface area contributed by atoms with E-state index in [0.717, 1.165) is 218 Å². The molecule has 3 aliphatic heterocycles. The number of fused-ring (bicyclic) bond motifs is 6. The molecule has 0 bridgehead atoms. The number of rotatable bonds is 20. The van der Waals surface area contributed by atoms with Gasteiger partial charge in [0.25, 0.3) is 5.69 Å². The monoisotopic (exact) mass is 1520 g/mol. The van der Waals surface area contributed by atoms with Gasteiger partial charge in [0, 0.05) is 155 Å². The molecule has 0 radical (unpaired) electrons. The summed E-state index contributed by atoms with van der Waals surface area (Å²) in [5.74, 6) is 2.53. The Bertz CT molecular complexity index is 5170. The molecular formula is C86H108IN12O5+3. The Morgan fingerprint density at radius 2 is 0.683 bits per heavy atom. The number of nitrogens with one attached hydrogen (secondary N) is 1. The van der Waals surface area contributed by atoms with E-state index in [1.165, 1.54) is 22.7 Å². The second-order valence-corrected chi connectivity index (χ2v) is 25.7. The molecule has 6 aromatic rings. The highest BCUT2D eigenvalue weighted by atomic mass is 127. The van der Waals surface area contributed by atoms with Crippen molar-refractivity contribution in [1.82, 2.24) is 13.7 Å². The normalized spacial score (nSPS) is 11.1. The molecule has 0 aromatic heterocycles. The Labute approximate surface area is 627 Å². The van der Waals surface area contributed by atoms with Gasteiger partial charge in [0.1, 0.15) is 79.0 Å². The smallest absolute Gasteiger partial charge is 0.292 e. The SMILES string of the molecule is CCN(CC)c1ccc2c(-c3ccc(N)c(N)c3C)c3ccc(=[N+](CC)CC)cc-3oc2c1.CCN(CC)c1ccc2c(-c3ccc(NC)c(N)c3C)c3ccc(=[N+](CC)CC)cc-3oc2c1.CCN(CC)c1ccc2c(-c3ccc([N+](=O)[O-])c(N)c3C)c3ccc(=[N+](CC)CC)cc-3oc2c1.CI. The molecule has 17 nitrogen and oxygen atoms in total. The van der Waals surface area contributed by atoms with E-state index in [2.05, 4.69) is 274 Å². The number of anilines is 8. The Hall–Kier alpha value is -10.1. The van der Waals surface area contributed by atoms with Crippen molar-refractivity contribution < 1.29 is 18.2 Å². The van der Waals surface area contributed by atoms with E-state index in [-0.39, 0.29) is 11.4 Å². The maximum absolute atomic E-state index is 11.5. The Morgan fingerprint density at radius 3 is 0.990 bits per heavy atom. The maximum atomic E-state index is 11.5. The minimum atomic E-state index is -0.435. The summed E-state index contributed by atoms with van der Waals surface area (Å²) >= 11 is 2.15. The Morgan fingerprint density at radius 1 is 0.385 bits per heavy atom. The average molecular weight is 1520 g/mol. The Kier molecular flexibility index (Phi) is 26.2. The first-order valence-corrected chi connectivity index (χ1v) is 39.0. The lowest BCUT2D eigenvalue weighted by Gasteiger charge is -2.23. The van der Waals surface area contributed by atoms with E-state index in [4.69, 9.17) is 36.2 Å². The van der Waals surface area contributed by atoms with Crippen LogP contribution in [0.1, 0.15) is 99.8 Å². The summed E-state index contributed by atoms with van der Waals surface area (Å²) in [7, 11) is 1.90. The van der Waals surface area contributed by atoms with Crippen LogP contribution in [0.3, 0.4) is 0 Å². The topological polar surface area (TPSA) is 217 Å². The van der Waals surface area contributed by atoms with Gasteiger partial charge in [-0.2, -0.15) is 0 Å². The summed E-state index contributed by atoms with van der Waals surface area (Å²) < 4.78 is 26.6. The molecule has 6 aromatic carbocycles. The predicted molar refractivity (Wildman–Crippen MR) is 453 cm³/mol. The number of nitro benzene ring substituents is 1. The molecule has 0 fully saturated rings. The molecule has 3 heterocycles. The minimum absolute atomic E-state index is 0.0758. The molecule has 0 spiro atoms. The van der Waals surface area contributed by atoms with E-state index < -0.39 is 4.92 Å². The van der Waals surface area contributed by atoms with Crippen molar-refractivity contribution in [2.75, 3.05) is 133 Å². The molecule has 12 rings (SSSR count). The van der Waals surface area contributed by atoms with Crippen LogP contribution >= 0.6 is 22.6 Å². The standard InChI is InChI=1S/C29H36N4O.C28H33N4O3.C28H34N4O.CH3I/c1-7-32(8-2)20-11-13-23-26(17-20)34-27-18-21(33(9-3)10-4)12-14-24(27)28(23)22-15-16-25(31-6)29(30)19(22)5;1-6-30(7-2)19-10-12-22-25(16-19)35-26-17-20(31(8-3)9-4)11-13-23(26)27(22)21-14-15-24(32(33)34)28(29)18(21)5;1-6-31(7-2)19-10-12-22-25(16-19)33-26-17-20(32(8-3)9-4)11-13-23(26)27(22)21-14-15-24(29)28(30)18(21)5;1-2/h11-18H,7-10,30H2,1-6H3;10-17H,6-9,29H2,1-5H3;10-17,29H,6-9,30H2,1-5H3;1H3/q;+1;;/p+2. The highest BCUT2D eigenvalue weighted by Gasteiger charge is 2.27. The molecule has 0 saturated carbocycles. The van der Waals surface area contributed by atoms with Gasteiger partial charge < -0.3 is 56.2 Å². The number of hydrogen-bond acceptors (Lipinski definition) is 13. The van der Waals surface area contributed by atoms with Crippen molar-refractivity contribution in [2.24, 2.45) is 0 Å². The third-order valence-corrected chi connectivity index (χ3v) is 20.7. The average Bonchev–Trinajstić information content (AvgIpc) is 0.757. The lowest BCUT2D eigenvalue weighted by molar-refractivity contribution is -0.383. The van der Waals surface area contributed by atoms with Gasteiger partial charge in [0.2, 0.25) is 16.1 Å². The van der Waals surface area contributed by atoms with Crippen LogP contribution in [0.2, 0.25) is 0 Å². The van der Waals surface area contributed by atoms with Gasteiger partial charge >= 0.3 is 0 Å². The maximum Gasteiger partial charge on any atom is 0.292 e. The first-order chi connectivity index (χ1) is 50.2. The summed E-state index contributed by atoms with van der Waals surface area (Å²) in [4.78, 5) is 20.0. The molecule has 0 amide bonds. The van der Waals surface area contributed by atoms with Gasteiger partial charge in [0.15, 0.2) is 0 Å². The van der Waals surface area contributed by atoms with E-state index in [0.29, 0.717) is 16.9 Å². The number of hydrogen-bond donors (Lipinski definition) is 5. The first kappa shape index (κ1) is 78.1. The zero-order valence-electron chi connectivity index (χ0n) is 64.2. The van der Waals surface area contributed by atoms with Crippen LogP contribution in [0.25, 0.3) is 100 Å². The highest BCUT2D eigenvalue weighted by molar-refractivity contribution is 14.1. The van der Waals surface area contributed by atoms with Gasteiger partial charge in [0.05, 0.1) is 45.9 Å². The van der Waals surface area contributed by atoms with E-state index >= 15 is 0 Å². The molecule has 104 heavy (non-hydrogen) atoms. The largest absolute Gasteiger partial charge is 0.456 e. The molecule has 0 atom stereocenters. The van der Waals surface area contributed by atoms with Crippen LogP contribution in [-0.2, 0) is 0 Å². The van der Waals surface area contributed by atoms with Crippen LogP contribution in [0.4, 0.5) is 51.2 Å². The minimum Gasteiger partial charge on any atom is -0.456 e. The number of benzene rings is 9. The fourth-order valence-corrected chi connectivity index (χ4v) is 14.6. The van der Waals surface area contributed by atoms with E-state index in [9.17, 15) is 10.1 Å². The second kappa shape index (κ2) is 34.9. The van der Waals surface area contributed by atoms with Crippen molar-refractivity contribution in [3.63, 3.8) is 0 Å². The fourth-order valence-electron chi connectivity index (χ4n) is 14.6. The summed E-state index contributed by atoms with van der Waals surface area (Å²) in [6.45, 7) is 43.1. The molecule has 0 saturated heterocycles. The van der Waals surface area contributed by atoms with Crippen molar-refractivity contribution in [3.05, 3.63) is 188 Å². The van der Waals surface area contributed by atoms with Crippen LogP contribution in [0.5, 0.6) is 0 Å². The number of nitrogen functional groups attached to an aromatic ring is 4. The third-order valence-electron chi connectivity index (χ3n) is 20.7. The number of halogens is 1. The summed E-state index contributed by atoms with van der Waals surface area (Å²) in [6.07, 6.45) is 0. The quantitative estimate of drug-likeness (QED) is 0.00914. The number of alkyl halides is 1. The van der Waals surface area contributed by atoms with Crippen LogP contribution < -0.4 is 72.7 Å².